The van der Waals surface area contributed by atoms with Gasteiger partial charge in [-0.05, 0) is 35.8 Å². The van der Waals surface area contributed by atoms with E-state index < -0.39 is 0 Å². The molecule has 2 N–H and O–H groups in total. The molecule has 0 aromatic heterocycles. The van der Waals surface area contributed by atoms with Crippen molar-refractivity contribution in [2.75, 3.05) is 12.4 Å². The first-order valence-electron chi connectivity index (χ1n) is 7.49. The van der Waals surface area contributed by atoms with Crippen molar-refractivity contribution in [3.8, 4) is 0 Å². The van der Waals surface area contributed by atoms with E-state index in [1.54, 1.807) is 0 Å². The Morgan fingerprint density at radius 3 is 2.67 bits per heavy atom. The van der Waals surface area contributed by atoms with E-state index >= 15 is 0 Å². The van der Waals surface area contributed by atoms with Gasteiger partial charge >= 0.3 is 0 Å². The van der Waals surface area contributed by atoms with E-state index in [2.05, 4.69) is 53.8 Å². The lowest BCUT2D eigenvalue weighted by molar-refractivity contribution is 0.228. The summed E-state index contributed by atoms with van der Waals surface area (Å²) in [5.41, 5.74) is 2.64. The highest BCUT2D eigenvalue weighted by atomic mass is 32.2. The quantitative estimate of drug-likeness (QED) is 0.887. The fourth-order valence-corrected chi connectivity index (χ4v) is 4.00. The Labute approximate surface area is 130 Å². The molecule has 1 aliphatic rings. The molecule has 0 spiro atoms. The van der Waals surface area contributed by atoms with Crippen LogP contribution in [0.15, 0.2) is 59.5 Å². The first kappa shape index (κ1) is 14.6. The maximum absolute atomic E-state index is 9.70. The van der Waals surface area contributed by atoms with Crippen molar-refractivity contribution in [2.24, 2.45) is 0 Å². The molecular weight excluding hydrogens is 278 g/mol. The third kappa shape index (κ3) is 3.67. The van der Waals surface area contributed by atoms with E-state index in [4.69, 9.17) is 0 Å². The second-order valence-electron chi connectivity index (χ2n) is 5.46. The van der Waals surface area contributed by atoms with Gasteiger partial charge in [-0.25, -0.2) is 0 Å². The molecule has 2 atom stereocenters. The number of rotatable bonds is 5. The largest absolute Gasteiger partial charge is 0.395 e. The van der Waals surface area contributed by atoms with E-state index in [1.165, 1.54) is 16.0 Å². The van der Waals surface area contributed by atoms with E-state index in [1.807, 2.05) is 17.8 Å². The van der Waals surface area contributed by atoms with Gasteiger partial charge in [-0.2, -0.15) is 0 Å². The molecule has 110 valence electrons. The number of aliphatic hydroxyl groups is 1. The van der Waals surface area contributed by atoms with Crippen molar-refractivity contribution < 1.29 is 5.11 Å². The zero-order chi connectivity index (χ0) is 14.5. The summed E-state index contributed by atoms with van der Waals surface area (Å²) >= 11 is 1.93. The van der Waals surface area contributed by atoms with Gasteiger partial charge < -0.3 is 10.4 Å². The molecule has 0 bridgehead atoms. The lowest BCUT2D eigenvalue weighted by Gasteiger charge is -2.29. The molecule has 0 aliphatic carbocycles. The van der Waals surface area contributed by atoms with Gasteiger partial charge in [0.05, 0.1) is 6.61 Å². The number of fused-ring (bicyclic) bond motifs is 1. The summed E-state index contributed by atoms with van der Waals surface area (Å²) < 4.78 is 0. The maximum Gasteiger partial charge on any atom is 0.0588 e. The van der Waals surface area contributed by atoms with Crippen LogP contribution in [0.4, 0.5) is 0 Å². The topological polar surface area (TPSA) is 32.3 Å². The first-order valence-corrected chi connectivity index (χ1v) is 8.48. The smallest absolute Gasteiger partial charge is 0.0588 e. The molecule has 0 radical (unpaired) electrons. The standard InChI is InChI=1S/C18H21NOS/c20-13-15(12-14-6-2-1-3-7-14)19-17-10-11-21-18-9-5-4-8-16(17)18/h1-9,15,17,19-20H,10-13H2/t15-,17?/m0/s1. The van der Waals surface area contributed by atoms with E-state index in [0.717, 1.165) is 18.6 Å². The molecule has 21 heavy (non-hydrogen) atoms. The van der Waals surface area contributed by atoms with Gasteiger partial charge in [0.2, 0.25) is 0 Å². The van der Waals surface area contributed by atoms with Crippen LogP contribution in [-0.2, 0) is 6.42 Å². The highest BCUT2D eigenvalue weighted by molar-refractivity contribution is 7.99. The van der Waals surface area contributed by atoms with E-state index in [-0.39, 0.29) is 12.6 Å². The van der Waals surface area contributed by atoms with Crippen LogP contribution in [0, 0.1) is 0 Å². The number of thioether (sulfide) groups is 1. The zero-order valence-corrected chi connectivity index (χ0v) is 12.9. The number of hydrogen-bond acceptors (Lipinski definition) is 3. The van der Waals surface area contributed by atoms with Crippen molar-refractivity contribution in [3.05, 3.63) is 65.7 Å². The van der Waals surface area contributed by atoms with Crippen LogP contribution >= 0.6 is 11.8 Å². The highest BCUT2D eigenvalue weighted by Gasteiger charge is 2.22. The predicted octanol–water partition coefficient (Wildman–Crippen LogP) is 3.42. The van der Waals surface area contributed by atoms with Gasteiger partial charge in [-0.3, -0.25) is 0 Å². The number of aliphatic hydroxyl groups excluding tert-OH is 1. The Kier molecular flexibility index (Phi) is 4.96. The van der Waals surface area contributed by atoms with Crippen LogP contribution < -0.4 is 5.32 Å². The van der Waals surface area contributed by atoms with Crippen molar-refractivity contribution in [1.82, 2.24) is 5.32 Å². The molecular formula is C18H21NOS. The molecule has 3 rings (SSSR count). The Bertz CT molecular complexity index is 572. The third-order valence-corrected chi connectivity index (χ3v) is 5.06. The Morgan fingerprint density at radius 2 is 1.86 bits per heavy atom. The molecule has 1 aliphatic heterocycles. The van der Waals surface area contributed by atoms with Crippen LogP contribution in [-0.4, -0.2) is 23.5 Å². The summed E-state index contributed by atoms with van der Waals surface area (Å²) in [6, 6.07) is 19.4. The molecule has 2 aromatic rings. The summed E-state index contributed by atoms with van der Waals surface area (Å²) in [6.45, 7) is 0.167. The molecule has 3 heteroatoms. The summed E-state index contributed by atoms with van der Waals surface area (Å²) in [4.78, 5) is 1.37. The van der Waals surface area contributed by atoms with Crippen molar-refractivity contribution in [2.45, 2.75) is 29.8 Å². The van der Waals surface area contributed by atoms with Gasteiger partial charge in [0, 0.05) is 17.0 Å². The van der Waals surface area contributed by atoms with Crippen LogP contribution in [0.5, 0.6) is 0 Å². The van der Waals surface area contributed by atoms with Crippen LogP contribution in [0.2, 0.25) is 0 Å². The fourth-order valence-electron chi connectivity index (χ4n) is 2.87. The second kappa shape index (κ2) is 7.12. The number of nitrogens with one attached hydrogen (secondary N) is 1. The van der Waals surface area contributed by atoms with Crippen molar-refractivity contribution in [1.29, 1.82) is 0 Å². The average molecular weight is 299 g/mol. The van der Waals surface area contributed by atoms with Crippen molar-refractivity contribution >= 4 is 11.8 Å². The van der Waals surface area contributed by atoms with Crippen LogP contribution in [0.1, 0.15) is 23.6 Å². The monoisotopic (exact) mass is 299 g/mol. The SMILES string of the molecule is OC[C@H](Cc1ccccc1)NC1CCSc2ccccc21. The van der Waals surface area contributed by atoms with Gasteiger partial charge in [-0.1, -0.05) is 48.5 Å². The van der Waals surface area contributed by atoms with E-state index in [0.29, 0.717) is 6.04 Å². The molecule has 0 fully saturated rings. The third-order valence-electron chi connectivity index (χ3n) is 3.94. The number of benzene rings is 2. The first-order chi connectivity index (χ1) is 10.4. The van der Waals surface area contributed by atoms with Crippen molar-refractivity contribution in [3.63, 3.8) is 0 Å². The zero-order valence-electron chi connectivity index (χ0n) is 12.0. The van der Waals surface area contributed by atoms with Crippen LogP contribution in [0.3, 0.4) is 0 Å². The lowest BCUT2D eigenvalue weighted by atomic mass is 10.0. The molecule has 0 saturated carbocycles. The van der Waals surface area contributed by atoms with Gasteiger partial charge in [0.15, 0.2) is 0 Å². The second-order valence-corrected chi connectivity index (χ2v) is 6.60. The fraction of sp³-hybridized carbons (Fsp3) is 0.333. The van der Waals surface area contributed by atoms with Gasteiger partial charge in [0.1, 0.15) is 0 Å². The Hall–Kier alpha value is -1.29. The molecule has 0 amide bonds. The molecule has 2 nitrogen and oxygen atoms in total. The Balaban J connectivity index is 1.70. The van der Waals surface area contributed by atoms with Crippen LogP contribution in [0.25, 0.3) is 0 Å². The summed E-state index contributed by atoms with van der Waals surface area (Å²) in [5, 5.41) is 13.3. The van der Waals surface area contributed by atoms with Gasteiger partial charge in [0.25, 0.3) is 0 Å². The van der Waals surface area contributed by atoms with E-state index in [9.17, 15) is 5.11 Å². The highest BCUT2D eigenvalue weighted by Crippen LogP contribution is 2.36. The normalized spacial score (nSPS) is 19.0. The molecule has 1 unspecified atom stereocenters. The summed E-state index contributed by atoms with van der Waals surface area (Å²) in [5.74, 6) is 1.14. The lowest BCUT2D eigenvalue weighted by Crippen LogP contribution is -2.38. The molecule has 2 aromatic carbocycles. The maximum atomic E-state index is 9.70. The number of hydrogen-bond donors (Lipinski definition) is 2. The van der Waals surface area contributed by atoms with Gasteiger partial charge in [-0.15, -0.1) is 11.8 Å². The molecule has 1 heterocycles. The minimum Gasteiger partial charge on any atom is -0.395 e. The molecule has 0 saturated heterocycles. The predicted molar refractivity (Wildman–Crippen MR) is 88.7 cm³/mol. The summed E-state index contributed by atoms with van der Waals surface area (Å²) in [7, 11) is 0. The summed E-state index contributed by atoms with van der Waals surface area (Å²) in [6.07, 6.45) is 1.98. The average Bonchev–Trinajstić information content (AvgIpc) is 2.55. The Morgan fingerprint density at radius 1 is 1.10 bits per heavy atom. The minimum atomic E-state index is 0.105. The minimum absolute atomic E-state index is 0.105.